The highest BCUT2D eigenvalue weighted by Gasteiger charge is 2.50. The number of carbonyl (C=O) groups is 3. The van der Waals surface area contributed by atoms with Crippen LogP contribution in [0.5, 0.6) is 0 Å². The van der Waals surface area contributed by atoms with Crippen LogP contribution in [0.3, 0.4) is 0 Å². The molecule has 24 heavy (non-hydrogen) atoms. The van der Waals surface area contributed by atoms with E-state index >= 15 is 0 Å². The van der Waals surface area contributed by atoms with Crippen molar-refractivity contribution in [2.45, 2.75) is 39.3 Å². The lowest BCUT2D eigenvalue weighted by molar-refractivity contribution is -0.135. The second-order valence-electron chi connectivity index (χ2n) is 6.53. The van der Waals surface area contributed by atoms with Crippen LogP contribution in [0.2, 0.25) is 5.02 Å². The smallest absolute Gasteiger partial charge is 0.325 e. The van der Waals surface area contributed by atoms with Gasteiger partial charge in [0.05, 0.1) is 0 Å². The molecule has 4 amide bonds. The van der Waals surface area contributed by atoms with Crippen molar-refractivity contribution in [2.75, 3.05) is 6.54 Å². The van der Waals surface area contributed by atoms with Crippen LogP contribution in [0.4, 0.5) is 4.79 Å². The normalized spacial score (nSPS) is 21.8. The first-order valence-corrected chi connectivity index (χ1v) is 8.23. The Bertz CT molecular complexity index is 677. The van der Waals surface area contributed by atoms with Gasteiger partial charge in [-0.3, -0.25) is 14.5 Å². The molecule has 0 bridgehead atoms. The van der Waals surface area contributed by atoms with Gasteiger partial charge in [-0.15, -0.1) is 0 Å². The van der Waals surface area contributed by atoms with Crippen molar-refractivity contribution < 1.29 is 14.4 Å². The summed E-state index contributed by atoms with van der Waals surface area (Å²) in [6.45, 7) is 7.10. The van der Waals surface area contributed by atoms with Crippen LogP contribution in [0.25, 0.3) is 0 Å². The van der Waals surface area contributed by atoms with E-state index in [0.29, 0.717) is 10.6 Å². The summed E-state index contributed by atoms with van der Waals surface area (Å²) in [4.78, 5) is 38.0. The quantitative estimate of drug-likeness (QED) is 0.799. The summed E-state index contributed by atoms with van der Waals surface area (Å²) >= 11 is 6.16. The minimum atomic E-state index is -1.28. The summed E-state index contributed by atoms with van der Waals surface area (Å²) < 4.78 is 0. The van der Waals surface area contributed by atoms with Gasteiger partial charge in [-0.1, -0.05) is 43.6 Å². The number of rotatable bonds is 5. The lowest BCUT2D eigenvalue weighted by atomic mass is 9.92. The first-order chi connectivity index (χ1) is 11.2. The standard InChI is InChI=1S/C17H22ClN3O3/c1-10(2)11(3)19-14(22)9-21-15(23)17(4,20-16(21)24)12-7-5-6-8-13(12)18/h5-8,10-11H,9H2,1-4H3,(H,19,22)(H,20,24)/t11-,17-/m1/s1. The van der Waals surface area contributed by atoms with Gasteiger partial charge in [-0.05, 0) is 25.8 Å². The maximum absolute atomic E-state index is 12.7. The molecule has 0 radical (unpaired) electrons. The molecule has 7 heteroatoms. The predicted octanol–water partition coefficient (Wildman–Crippen LogP) is 2.27. The Kier molecular flexibility index (Phi) is 5.18. The molecule has 6 nitrogen and oxygen atoms in total. The van der Waals surface area contributed by atoms with Gasteiger partial charge in [0.15, 0.2) is 0 Å². The van der Waals surface area contributed by atoms with Gasteiger partial charge in [-0.25, -0.2) is 4.79 Å². The predicted molar refractivity (Wildman–Crippen MR) is 91.5 cm³/mol. The third kappa shape index (κ3) is 3.38. The average Bonchev–Trinajstić information content (AvgIpc) is 2.71. The number of nitrogens with zero attached hydrogens (tertiary/aromatic N) is 1. The molecular formula is C17H22ClN3O3. The molecule has 1 aliphatic rings. The van der Waals surface area contributed by atoms with E-state index in [2.05, 4.69) is 10.6 Å². The zero-order valence-electron chi connectivity index (χ0n) is 14.2. The number of benzene rings is 1. The summed E-state index contributed by atoms with van der Waals surface area (Å²) in [7, 11) is 0. The molecule has 1 fully saturated rings. The van der Waals surface area contributed by atoms with Gasteiger partial charge in [0.2, 0.25) is 5.91 Å². The molecule has 1 aromatic carbocycles. The van der Waals surface area contributed by atoms with Crippen LogP contribution < -0.4 is 10.6 Å². The number of carbonyl (C=O) groups excluding carboxylic acids is 3. The fourth-order valence-corrected chi connectivity index (χ4v) is 2.82. The molecule has 2 rings (SSSR count). The number of halogens is 1. The Morgan fingerprint density at radius 1 is 1.29 bits per heavy atom. The van der Waals surface area contributed by atoms with E-state index in [1.165, 1.54) is 0 Å². The maximum atomic E-state index is 12.7. The lowest BCUT2D eigenvalue weighted by Gasteiger charge is -2.23. The summed E-state index contributed by atoms with van der Waals surface area (Å²) in [6.07, 6.45) is 0. The molecule has 2 N–H and O–H groups in total. The first-order valence-electron chi connectivity index (χ1n) is 7.85. The summed E-state index contributed by atoms with van der Waals surface area (Å²) in [6, 6.07) is 6.18. The van der Waals surface area contributed by atoms with E-state index in [9.17, 15) is 14.4 Å². The van der Waals surface area contributed by atoms with Crippen molar-refractivity contribution in [1.29, 1.82) is 0 Å². The summed E-state index contributed by atoms with van der Waals surface area (Å²) in [5.74, 6) is -0.610. The molecule has 130 valence electrons. The van der Waals surface area contributed by atoms with Crippen LogP contribution >= 0.6 is 11.6 Å². The molecule has 0 aromatic heterocycles. The number of imide groups is 1. The minimum absolute atomic E-state index is 0.0479. The van der Waals surface area contributed by atoms with E-state index in [4.69, 9.17) is 11.6 Å². The van der Waals surface area contributed by atoms with Crippen LogP contribution in [-0.4, -0.2) is 35.3 Å². The summed E-state index contributed by atoms with van der Waals surface area (Å²) in [5, 5.41) is 5.81. The number of urea groups is 1. The van der Waals surface area contributed by atoms with Gasteiger partial charge < -0.3 is 10.6 Å². The molecule has 1 aliphatic heterocycles. The third-order valence-electron chi connectivity index (χ3n) is 4.38. The van der Waals surface area contributed by atoms with Crippen molar-refractivity contribution in [3.8, 4) is 0 Å². The number of hydrogen-bond donors (Lipinski definition) is 2. The van der Waals surface area contributed by atoms with Gasteiger partial charge >= 0.3 is 6.03 Å². The van der Waals surface area contributed by atoms with Crippen molar-refractivity contribution in [3.05, 3.63) is 34.9 Å². The third-order valence-corrected chi connectivity index (χ3v) is 4.71. The van der Waals surface area contributed by atoms with Crippen molar-refractivity contribution in [3.63, 3.8) is 0 Å². The van der Waals surface area contributed by atoms with Crippen LogP contribution in [0.1, 0.15) is 33.3 Å². The van der Waals surface area contributed by atoms with E-state index in [0.717, 1.165) is 4.90 Å². The van der Waals surface area contributed by atoms with Crippen molar-refractivity contribution >= 4 is 29.4 Å². The van der Waals surface area contributed by atoms with Crippen LogP contribution in [0.15, 0.2) is 24.3 Å². The highest BCUT2D eigenvalue weighted by atomic mass is 35.5. The van der Waals surface area contributed by atoms with Crippen LogP contribution in [-0.2, 0) is 15.1 Å². The van der Waals surface area contributed by atoms with Crippen molar-refractivity contribution in [1.82, 2.24) is 15.5 Å². The minimum Gasteiger partial charge on any atom is -0.352 e. The molecule has 0 spiro atoms. The molecule has 0 saturated carbocycles. The van der Waals surface area contributed by atoms with Gasteiger partial charge in [0.25, 0.3) is 5.91 Å². The highest BCUT2D eigenvalue weighted by molar-refractivity contribution is 6.32. The average molecular weight is 352 g/mol. The van der Waals surface area contributed by atoms with E-state index in [1.54, 1.807) is 31.2 Å². The number of hydrogen-bond acceptors (Lipinski definition) is 3. The molecule has 0 aliphatic carbocycles. The van der Waals surface area contributed by atoms with E-state index in [-0.39, 0.29) is 24.4 Å². The number of amides is 4. The van der Waals surface area contributed by atoms with E-state index < -0.39 is 17.5 Å². The molecule has 1 heterocycles. The topological polar surface area (TPSA) is 78.5 Å². The zero-order valence-corrected chi connectivity index (χ0v) is 15.0. The lowest BCUT2D eigenvalue weighted by Crippen LogP contribution is -2.46. The SMILES string of the molecule is CC(C)[C@@H](C)NC(=O)CN1C(=O)N[C@](C)(c2ccccc2Cl)C1=O. The Morgan fingerprint density at radius 2 is 1.92 bits per heavy atom. The fourth-order valence-electron chi connectivity index (χ4n) is 2.50. The fraction of sp³-hybridized carbons (Fsp3) is 0.471. The maximum Gasteiger partial charge on any atom is 0.325 e. The first kappa shape index (κ1) is 18.3. The highest BCUT2D eigenvalue weighted by Crippen LogP contribution is 2.33. The molecule has 1 saturated heterocycles. The van der Waals surface area contributed by atoms with Crippen LogP contribution in [0, 0.1) is 5.92 Å². The Labute approximate surface area is 146 Å². The largest absolute Gasteiger partial charge is 0.352 e. The van der Waals surface area contributed by atoms with E-state index in [1.807, 2.05) is 20.8 Å². The molecule has 2 atom stereocenters. The molecular weight excluding hydrogens is 330 g/mol. The second-order valence-corrected chi connectivity index (χ2v) is 6.93. The van der Waals surface area contributed by atoms with Gasteiger partial charge in [0.1, 0.15) is 12.1 Å². The Balaban J connectivity index is 2.17. The molecule has 0 unspecified atom stereocenters. The molecule has 1 aromatic rings. The Morgan fingerprint density at radius 3 is 2.50 bits per heavy atom. The number of nitrogens with one attached hydrogen (secondary N) is 2. The van der Waals surface area contributed by atoms with Crippen molar-refractivity contribution in [2.24, 2.45) is 5.92 Å². The monoisotopic (exact) mass is 351 g/mol. The van der Waals surface area contributed by atoms with Gasteiger partial charge in [-0.2, -0.15) is 0 Å². The van der Waals surface area contributed by atoms with Gasteiger partial charge in [0, 0.05) is 16.6 Å². The Hall–Kier alpha value is -2.08. The zero-order chi connectivity index (χ0) is 18.1. The summed E-state index contributed by atoms with van der Waals surface area (Å²) in [5.41, 5.74) is -0.775. The second kappa shape index (κ2) is 6.81.